The molecule has 4 aromatic rings. The lowest BCUT2D eigenvalue weighted by molar-refractivity contribution is -0.196. The summed E-state index contributed by atoms with van der Waals surface area (Å²) in [5.41, 5.74) is 14.2. The van der Waals surface area contributed by atoms with Gasteiger partial charge in [0.05, 0.1) is 12.8 Å². The molecule has 0 bridgehead atoms. The van der Waals surface area contributed by atoms with Gasteiger partial charge in [-0.25, -0.2) is 4.79 Å². The van der Waals surface area contributed by atoms with Gasteiger partial charge in [-0.15, -0.1) is 0 Å². The topological polar surface area (TPSA) is 124 Å². The molecule has 1 aromatic heterocycles. The van der Waals surface area contributed by atoms with Gasteiger partial charge in [0.2, 0.25) is 0 Å². The van der Waals surface area contributed by atoms with Crippen LogP contribution in [0.5, 0.6) is 0 Å². The molecule has 2 saturated heterocycles. The molecular weight excluding hydrogens is 508 g/mol. The van der Waals surface area contributed by atoms with Crippen molar-refractivity contribution in [2.75, 3.05) is 12.3 Å². The van der Waals surface area contributed by atoms with Crippen molar-refractivity contribution in [3.63, 3.8) is 0 Å². The highest BCUT2D eigenvalue weighted by Gasteiger charge is 2.57. The van der Waals surface area contributed by atoms with E-state index >= 15 is 0 Å². The van der Waals surface area contributed by atoms with Crippen LogP contribution in [0.2, 0.25) is 0 Å². The summed E-state index contributed by atoms with van der Waals surface area (Å²) in [5.74, 6) is -0.738. The van der Waals surface area contributed by atoms with Crippen molar-refractivity contribution in [1.29, 1.82) is 0 Å². The highest BCUT2D eigenvalue weighted by atomic mass is 16.8. The van der Waals surface area contributed by atoms with Gasteiger partial charge in [0.25, 0.3) is 0 Å². The lowest BCUT2D eigenvalue weighted by Crippen LogP contribution is -2.39. The first-order valence-corrected chi connectivity index (χ1v) is 13.2. The first kappa shape index (κ1) is 26.2. The molecule has 40 heavy (non-hydrogen) atoms. The summed E-state index contributed by atoms with van der Waals surface area (Å²) in [6.07, 6.45) is -0.592. The van der Waals surface area contributed by atoms with E-state index in [2.05, 4.69) is 41.5 Å². The zero-order chi connectivity index (χ0) is 27.9. The number of carbonyl (C=O) groups is 1. The smallest absolute Gasteiger partial charge is 0.341 e. The average molecular weight is 541 g/mol. The zero-order valence-corrected chi connectivity index (χ0v) is 22.3. The molecule has 3 aromatic carbocycles. The molecule has 2 aliphatic rings. The SMILES string of the molecule is CC1(C)O[C@@H]2[C@H](O1)[C@@H](COC(c1ccccc1)(c1ccccc1)c1ccccc1)O[C@H]2c1cnn(C(N)=O)c1N. The molecule has 0 radical (unpaired) electrons. The summed E-state index contributed by atoms with van der Waals surface area (Å²) < 4.78 is 27.1. The summed E-state index contributed by atoms with van der Waals surface area (Å²) in [4.78, 5) is 11.8. The number of amides is 1. The highest BCUT2D eigenvalue weighted by molar-refractivity contribution is 5.77. The van der Waals surface area contributed by atoms with E-state index in [0.717, 1.165) is 21.4 Å². The van der Waals surface area contributed by atoms with E-state index in [9.17, 15) is 4.79 Å². The quantitative estimate of drug-likeness (QED) is 0.334. The van der Waals surface area contributed by atoms with Crippen LogP contribution in [0.3, 0.4) is 0 Å². The second-order valence-electron chi connectivity index (χ2n) is 10.5. The Labute approximate surface area is 232 Å². The third-order valence-corrected chi connectivity index (χ3v) is 7.51. The summed E-state index contributed by atoms with van der Waals surface area (Å²) in [5, 5.41) is 4.05. The van der Waals surface area contributed by atoms with Crippen molar-refractivity contribution in [2.24, 2.45) is 5.73 Å². The summed E-state index contributed by atoms with van der Waals surface area (Å²) in [6, 6.07) is 29.6. The van der Waals surface area contributed by atoms with Gasteiger partial charge in [-0.2, -0.15) is 9.78 Å². The lowest BCUT2D eigenvalue weighted by atomic mass is 9.80. The fourth-order valence-electron chi connectivity index (χ4n) is 5.81. The Hall–Kier alpha value is -4.02. The minimum absolute atomic E-state index is 0.110. The maximum Gasteiger partial charge on any atom is 0.341 e. The number of fused-ring (bicyclic) bond motifs is 1. The molecule has 0 aliphatic carbocycles. The molecule has 206 valence electrons. The van der Waals surface area contributed by atoms with Crippen LogP contribution in [-0.4, -0.2) is 46.5 Å². The van der Waals surface area contributed by atoms with Gasteiger partial charge >= 0.3 is 6.03 Å². The Balaban J connectivity index is 1.39. The Kier molecular flexibility index (Phi) is 6.67. The van der Waals surface area contributed by atoms with E-state index in [1.165, 1.54) is 6.20 Å². The van der Waals surface area contributed by atoms with Crippen LogP contribution >= 0.6 is 0 Å². The minimum atomic E-state index is -0.925. The zero-order valence-electron chi connectivity index (χ0n) is 22.3. The fraction of sp³-hybridized carbons (Fsp3) is 0.290. The van der Waals surface area contributed by atoms with Gasteiger partial charge in [0.1, 0.15) is 35.8 Å². The van der Waals surface area contributed by atoms with Crippen molar-refractivity contribution in [3.05, 3.63) is 119 Å². The fourth-order valence-corrected chi connectivity index (χ4v) is 5.81. The van der Waals surface area contributed by atoms with Gasteiger partial charge in [-0.1, -0.05) is 91.0 Å². The Bertz CT molecular complexity index is 1380. The second kappa shape index (κ2) is 10.2. The predicted molar refractivity (Wildman–Crippen MR) is 148 cm³/mol. The molecule has 9 heteroatoms. The number of hydrogen-bond donors (Lipinski definition) is 2. The number of primary amides is 1. The van der Waals surface area contributed by atoms with Crippen LogP contribution in [0.4, 0.5) is 10.6 Å². The largest absolute Gasteiger partial charge is 0.383 e. The molecule has 4 N–H and O–H groups in total. The first-order valence-electron chi connectivity index (χ1n) is 13.2. The molecule has 9 nitrogen and oxygen atoms in total. The molecule has 2 aliphatic heterocycles. The van der Waals surface area contributed by atoms with Crippen molar-refractivity contribution in [2.45, 2.75) is 49.7 Å². The predicted octanol–water partition coefficient (Wildman–Crippen LogP) is 4.36. The van der Waals surface area contributed by atoms with Gasteiger partial charge in [0, 0.05) is 5.56 Å². The maximum atomic E-state index is 11.8. The van der Waals surface area contributed by atoms with Crippen LogP contribution in [0.25, 0.3) is 0 Å². The van der Waals surface area contributed by atoms with Crippen LogP contribution in [0.15, 0.2) is 97.2 Å². The van der Waals surface area contributed by atoms with Crippen molar-refractivity contribution >= 4 is 11.8 Å². The number of nitrogens with zero attached hydrogens (tertiary/aromatic N) is 2. The van der Waals surface area contributed by atoms with Gasteiger partial charge in [-0.05, 0) is 30.5 Å². The molecular formula is C31H32N4O5. The average Bonchev–Trinajstić information content (AvgIpc) is 3.61. The monoisotopic (exact) mass is 540 g/mol. The molecule has 0 spiro atoms. The van der Waals surface area contributed by atoms with E-state index in [1.54, 1.807) is 0 Å². The number of anilines is 1. The number of nitrogen functional groups attached to an aromatic ring is 1. The van der Waals surface area contributed by atoms with Crippen LogP contribution < -0.4 is 11.5 Å². The number of carbonyl (C=O) groups excluding carboxylic acids is 1. The number of ether oxygens (including phenoxy) is 4. The van der Waals surface area contributed by atoms with Crippen molar-refractivity contribution < 1.29 is 23.7 Å². The normalized spacial score (nSPS) is 23.6. The number of rotatable bonds is 7. The Morgan fingerprint density at radius 3 is 1.88 bits per heavy atom. The number of aromatic nitrogens is 2. The van der Waals surface area contributed by atoms with E-state index in [0.29, 0.717) is 5.56 Å². The number of benzene rings is 3. The molecule has 2 fully saturated rings. The third kappa shape index (κ3) is 4.47. The Morgan fingerprint density at radius 2 is 1.40 bits per heavy atom. The van der Waals surface area contributed by atoms with Gasteiger partial charge in [0.15, 0.2) is 5.79 Å². The summed E-state index contributed by atoms with van der Waals surface area (Å²) in [6.45, 7) is 3.90. The second-order valence-corrected chi connectivity index (χ2v) is 10.5. The molecule has 6 rings (SSSR count). The Morgan fingerprint density at radius 1 is 0.900 bits per heavy atom. The lowest BCUT2D eigenvalue weighted by Gasteiger charge is -2.37. The molecule has 0 saturated carbocycles. The summed E-state index contributed by atoms with van der Waals surface area (Å²) >= 11 is 0. The third-order valence-electron chi connectivity index (χ3n) is 7.51. The minimum Gasteiger partial charge on any atom is -0.383 e. The van der Waals surface area contributed by atoms with Crippen LogP contribution in [0, 0.1) is 0 Å². The van der Waals surface area contributed by atoms with E-state index in [4.69, 9.17) is 30.4 Å². The number of nitrogens with two attached hydrogens (primary N) is 2. The molecule has 4 atom stereocenters. The first-order chi connectivity index (χ1) is 19.3. The van der Waals surface area contributed by atoms with E-state index in [1.807, 2.05) is 68.4 Å². The van der Waals surface area contributed by atoms with Gasteiger partial charge < -0.3 is 30.4 Å². The highest BCUT2D eigenvalue weighted by Crippen LogP contribution is 2.48. The van der Waals surface area contributed by atoms with Crippen LogP contribution in [-0.2, 0) is 24.5 Å². The molecule has 1 amide bonds. The van der Waals surface area contributed by atoms with E-state index < -0.39 is 41.8 Å². The number of hydrogen-bond acceptors (Lipinski definition) is 7. The standard InChI is InChI=1S/C31H32N4O5/c1-30(2)39-26-24(38-25(27(26)40-30)23-18-34-35(28(23)32)29(33)36)19-37-31(20-12-6-3-7-13-20,21-14-8-4-9-15-21)22-16-10-5-11-17-22/h3-18,24-27H,19,32H2,1-2H3,(H2,33,36)/t24-,25+,26-,27+/m1/s1. The van der Waals surface area contributed by atoms with Crippen molar-refractivity contribution in [1.82, 2.24) is 9.78 Å². The molecule has 3 heterocycles. The van der Waals surface area contributed by atoms with Gasteiger partial charge in [-0.3, -0.25) is 0 Å². The maximum absolute atomic E-state index is 11.8. The van der Waals surface area contributed by atoms with E-state index in [-0.39, 0.29) is 12.4 Å². The molecule has 0 unspecified atom stereocenters. The van der Waals surface area contributed by atoms with Crippen molar-refractivity contribution in [3.8, 4) is 0 Å². The van der Waals surface area contributed by atoms with Crippen LogP contribution in [0.1, 0.15) is 42.2 Å². The summed E-state index contributed by atoms with van der Waals surface area (Å²) in [7, 11) is 0.